The summed E-state index contributed by atoms with van der Waals surface area (Å²) < 4.78 is 4.88. The standard InChI is InChI=1S/C12H17NO3S/c1-16-7-3-6-13-12(15)9-17-11-5-2-4-10(14)8-11/h2,4-5,8,14H,3,6-7,9H2,1H3,(H,13,15). The summed E-state index contributed by atoms with van der Waals surface area (Å²) in [6, 6.07) is 6.87. The number of hydrogen-bond donors (Lipinski definition) is 2. The molecule has 0 saturated heterocycles. The average molecular weight is 255 g/mol. The molecule has 1 rings (SSSR count). The number of amides is 1. The smallest absolute Gasteiger partial charge is 0.230 e. The molecule has 94 valence electrons. The van der Waals surface area contributed by atoms with Crippen molar-refractivity contribution < 1.29 is 14.6 Å². The number of aromatic hydroxyl groups is 1. The van der Waals surface area contributed by atoms with Gasteiger partial charge in [-0.1, -0.05) is 6.07 Å². The van der Waals surface area contributed by atoms with Crippen LogP contribution in [0.15, 0.2) is 29.2 Å². The molecule has 0 heterocycles. The molecular formula is C12H17NO3S. The molecule has 4 nitrogen and oxygen atoms in total. The van der Waals surface area contributed by atoms with Crippen LogP contribution < -0.4 is 5.32 Å². The summed E-state index contributed by atoms with van der Waals surface area (Å²) in [5, 5.41) is 12.1. The lowest BCUT2D eigenvalue weighted by Crippen LogP contribution is -2.26. The summed E-state index contributed by atoms with van der Waals surface area (Å²) in [5.74, 6) is 0.570. The zero-order valence-electron chi connectivity index (χ0n) is 9.81. The number of rotatable bonds is 7. The Labute approximate surface area is 105 Å². The summed E-state index contributed by atoms with van der Waals surface area (Å²) in [7, 11) is 1.64. The van der Waals surface area contributed by atoms with Gasteiger partial charge >= 0.3 is 0 Å². The third-order valence-corrected chi connectivity index (χ3v) is 3.03. The van der Waals surface area contributed by atoms with Gasteiger partial charge < -0.3 is 15.2 Å². The van der Waals surface area contributed by atoms with Crippen molar-refractivity contribution in [1.29, 1.82) is 0 Å². The van der Waals surface area contributed by atoms with Crippen molar-refractivity contribution in [2.75, 3.05) is 26.0 Å². The van der Waals surface area contributed by atoms with Gasteiger partial charge in [-0.2, -0.15) is 0 Å². The first-order chi connectivity index (χ1) is 8.22. The Morgan fingerprint density at radius 3 is 3.06 bits per heavy atom. The molecule has 2 N–H and O–H groups in total. The lowest BCUT2D eigenvalue weighted by atomic mass is 10.3. The van der Waals surface area contributed by atoms with Crippen LogP contribution >= 0.6 is 11.8 Å². The maximum Gasteiger partial charge on any atom is 0.230 e. The van der Waals surface area contributed by atoms with Gasteiger partial charge in [0.15, 0.2) is 0 Å². The van der Waals surface area contributed by atoms with Crippen LogP contribution in [0.5, 0.6) is 5.75 Å². The third kappa shape index (κ3) is 6.19. The molecule has 0 aliphatic heterocycles. The van der Waals surface area contributed by atoms with Gasteiger partial charge in [0.2, 0.25) is 5.91 Å². The second-order valence-electron chi connectivity index (χ2n) is 3.48. The normalized spacial score (nSPS) is 10.2. The second kappa shape index (κ2) is 7.97. The summed E-state index contributed by atoms with van der Waals surface area (Å²) in [4.78, 5) is 12.3. The monoisotopic (exact) mass is 255 g/mol. The molecule has 0 unspecified atom stereocenters. The SMILES string of the molecule is COCCCNC(=O)CSc1cccc(O)c1. The molecular weight excluding hydrogens is 238 g/mol. The maximum absolute atomic E-state index is 11.4. The fraction of sp³-hybridized carbons (Fsp3) is 0.417. The van der Waals surface area contributed by atoms with E-state index in [1.807, 2.05) is 6.07 Å². The van der Waals surface area contributed by atoms with E-state index in [-0.39, 0.29) is 11.7 Å². The van der Waals surface area contributed by atoms with Crippen molar-refractivity contribution in [3.8, 4) is 5.75 Å². The number of methoxy groups -OCH3 is 1. The van der Waals surface area contributed by atoms with E-state index in [4.69, 9.17) is 4.74 Å². The zero-order valence-corrected chi connectivity index (χ0v) is 10.6. The van der Waals surface area contributed by atoms with Crippen LogP contribution in [-0.4, -0.2) is 37.0 Å². The molecule has 5 heteroatoms. The molecule has 0 aromatic heterocycles. The van der Waals surface area contributed by atoms with Gasteiger partial charge in [-0.05, 0) is 24.6 Å². The summed E-state index contributed by atoms with van der Waals surface area (Å²) in [6.45, 7) is 1.28. The maximum atomic E-state index is 11.4. The first-order valence-corrected chi connectivity index (χ1v) is 6.38. The topological polar surface area (TPSA) is 58.6 Å². The van der Waals surface area contributed by atoms with Crippen LogP contribution in [0.3, 0.4) is 0 Å². The minimum Gasteiger partial charge on any atom is -0.508 e. The van der Waals surface area contributed by atoms with E-state index in [1.165, 1.54) is 11.8 Å². The molecule has 0 aliphatic rings. The Morgan fingerprint density at radius 2 is 2.35 bits per heavy atom. The molecule has 0 bridgehead atoms. The average Bonchev–Trinajstić information content (AvgIpc) is 2.32. The van der Waals surface area contributed by atoms with Gasteiger partial charge in [0.05, 0.1) is 5.75 Å². The molecule has 1 aromatic rings. The Kier molecular flexibility index (Phi) is 6.50. The second-order valence-corrected chi connectivity index (χ2v) is 4.53. The van der Waals surface area contributed by atoms with Gasteiger partial charge in [0, 0.05) is 25.2 Å². The Morgan fingerprint density at radius 1 is 1.53 bits per heavy atom. The van der Waals surface area contributed by atoms with E-state index in [0.717, 1.165) is 11.3 Å². The summed E-state index contributed by atoms with van der Waals surface area (Å²) in [6.07, 6.45) is 0.818. The Bertz CT molecular complexity index is 357. The molecule has 0 spiro atoms. The van der Waals surface area contributed by atoms with Gasteiger partial charge in [-0.25, -0.2) is 0 Å². The lowest BCUT2D eigenvalue weighted by Gasteiger charge is -2.05. The number of hydrogen-bond acceptors (Lipinski definition) is 4. The van der Waals surface area contributed by atoms with Crippen LogP contribution in [0, 0.1) is 0 Å². The van der Waals surface area contributed by atoms with Crippen molar-refractivity contribution in [2.24, 2.45) is 0 Å². The minimum absolute atomic E-state index is 0.00514. The van der Waals surface area contributed by atoms with Gasteiger partial charge in [0.25, 0.3) is 0 Å². The van der Waals surface area contributed by atoms with Crippen molar-refractivity contribution in [3.63, 3.8) is 0 Å². The highest BCUT2D eigenvalue weighted by molar-refractivity contribution is 8.00. The lowest BCUT2D eigenvalue weighted by molar-refractivity contribution is -0.118. The van der Waals surface area contributed by atoms with Crippen molar-refractivity contribution in [2.45, 2.75) is 11.3 Å². The van der Waals surface area contributed by atoms with Crippen LogP contribution in [0.2, 0.25) is 0 Å². The zero-order chi connectivity index (χ0) is 12.5. The number of ether oxygens (including phenoxy) is 1. The largest absolute Gasteiger partial charge is 0.508 e. The molecule has 0 radical (unpaired) electrons. The van der Waals surface area contributed by atoms with E-state index in [2.05, 4.69) is 5.32 Å². The van der Waals surface area contributed by atoms with Crippen LogP contribution in [0.25, 0.3) is 0 Å². The number of nitrogens with one attached hydrogen (secondary N) is 1. The van der Waals surface area contributed by atoms with Crippen molar-refractivity contribution >= 4 is 17.7 Å². The predicted octanol–water partition coefficient (Wildman–Crippen LogP) is 1.64. The van der Waals surface area contributed by atoms with E-state index < -0.39 is 0 Å². The number of thioether (sulfide) groups is 1. The van der Waals surface area contributed by atoms with Crippen LogP contribution in [0.4, 0.5) is 0 Å². The minimum atomic E-state index is -0.00514. The van der Waals surface area contributed by atoms with Gasteiger partial charge in [0.1, 0.15) is 5.75 Å². The summed E-state index contributed by atoms with van der Waals surface area (Å²) >= 11 is 1.40. The fourth-order valence-corrected chi connectivity index (χ4v) is 2.00. The van der Waals surface area contributed by atoms with E-state index in [1.54, 1.807) is 25.3 Å². The molecule has 0 atom stereocenters. The molecule has 17 heavy (non-hydrogen) atoms. The first-order valence-electron chi connectivity index (χ1n) is 5.40. The fourth-order valence-electron chi connectivity index (χ4n) is 1.22. The highest BCUT2D eigenvalue weighted by atomic mass is 32.2. The Hall–Kier alpha value is -1.20. The molecule has 0 fully saturated rings. The third-order valence-electron chi connectivity index (χ3n) is 2.03. The van der Waals surface area contributed by atoms with Gasteiger partial charge in [-0.3, -0.25) is 4.79 Å². The van der Waals surface area contributed by atoms with Crippen molar-refractivity contribution in [1.82, 2.24) is 5.32 Å². The Balaban J connectivity index is 2.19. The molecule has 0 aliphatic carbocycles. The van der Waals surface area contributed by atoms with Crippen molar-refractivity contribution in [3.05, 3.63) is 24.3 Å². The van der Waals surface area contributed by atoms with Crippen LogP contribution in [-0.2, 0) is 9.53 Å². The quantitative estimate of drug-likeness (QED) is 0.574. The van der Waals surface area contributed by atoms with E-state index in [9.17, 15) is 9.90 Å². The highest BCUT2D eigenvalue weighted by Gasteiger charge is 2.02. The molecule has 0 saturated carbocycles. The number of carbonyl (C=O) groups is 1. The predicted molar refractivity (Wildman–Crippen MR) is 68.3 cm³/mol. The van der Waals surface area contributed by atoms with E-state index >= 15 is 0 Å². The number of phenols is 1. The number of phenolic OH excluding ortho intramolecular Hbond substituents is 1. The first kappa shape index (κ1) is 13.9. The molecule has 1 aromatic carbocycles. The number of benzene rings is 1. The van der Waals surface area contributed by atoms with Gasteiger partial charge in [-0.15, -0.1) is 11.8 Å². The van der Waals surface area contributed by atoms with Crippen LogP contribution in [0.1, 0.15) is 6.42 Å². The molecule has 1 amide bonds. The number of carbonyl (C=O) groups excluding carboxylic acids is 1. The van der Waals surface area contributed by atoms with E-state index in [0.29, 0.717) is 18.9 Å². The summed E-state index contributed by atoms with van der Waals surface area (Å²) in [5.41, 5.74) is 0. The highest BCUT2D eigenvalue weighted by Crippen LogP contribution is 2.21.